The van der Waals surface area contributed by atoms with Crippen LogP contribution in [0, 0.1) is 12.8 Å². The Bertz CT molecular complexity index is 1220. The van der Waals surface area contributed by atoms with Crippen LogP contribution in [0.25, 0.3) is 0 Å². The summed E-state index contributed by atoms with van der Waals surface area (Å²) in [5.41, 5.74) is 3.69. The predicted octanol–water partition coefficient (Wildman–Crippen LogP) is 4.83. The largest absolute Gasteiger partial charge is 0.492 e. The first-order valence-corrected chi connectivity index (χ1v) is 13.2. The van der Waals surface area contributed by atoms with Crippen molar-refractivity contribution in [3.63, 3.8) is 0 Å². The summed E-state index contributed by atoms with van der Waals surface area (Å²) in [6, 6.07) is 17.0. The molecule has 0 spiro atoms. The molecule has 1 amide bonds. The van der Waals surface area contributed by atoms with Crippen LogP contribution in [0.4, 0.5) is 5.69 Å². The maximum atomic E-state index is 13.1. The van der Waals surface area contributed by atoms with E-state index in [-0.39, 0.29) is 31.5 Å². The van der Waals surface area contributed by atoms with Gasteiger partial charge in [0.15, 0.2) is 0 Å². The molecule has 1 aliphatic heterocycles. The number of amides is 1. The van der Waals surface area contributed by atoms with E-state index in [0.29, 0.717) is 16.5 Å². The Morgan fingerprint density at radius 2 is 1.91 bits per heavy atom. The normalized spacial score (nSPS) is 14.4. The number of carbonyl (C=O) groups is 1. The van der Waals surface area contributed by atoms with E-state index >= 15 is 0 Å². The van der Waals surface area contributed by atoms with Crippen LogP contribution in [-0.2, 0) is 27.9 Å². The van der Waals surface area contributed by atoms with Gasteiger partial charge in [0.1, 0.15) is 16.6 Å². The van der Waals surface area contributed by atoms with Gasteiger partial charge in [-0.1, -0.05) is 43.7 Å². The van der Waals surface area contributed by atoms with Crippen LogP contribution in [-0.4, -0.2) is 31.8 Å². The molecule has 0 fully saturated rings. The van der Waals surface area contributed by atoms with E-state index in [0.717, 1.165) is 22.4 Å². The Hall–Kier alpha value is -2.68. The zero-order chi connectivity index (χ0) is 23.6. The first kappa shape index (κ1) is 23.5. The minimum atomic E-state index is -3.59. The number of sulfonamides is 1. The van der Waals surface area contributed by atoms with Gasteiger partial charge in [-0.15, -0.1) is 11.3 Å². The lowest BCUT2D eigenvalue weighted by atomic mass is 10.1. The van der Waals surface area contributed by atoms with E-state index < -0.39 is 10.0 Å². The molecule has 0 radical (unpaired) electrons. The number of carbonyl (C=O) groups excluding carboxylic acids is 1. The van der Waals surface area contributed by atoms with Gasteiger partial charge in [0.25, 0.3) is 10.0 Å². The number of anilines is 1. The van der Waals surface area contributed by atoms with Gasteiger partial charge in [-0.3, -0.25) is 4.79 Å². The van der Waals surface area contributed by atoms with Crippen molar-refractivity contribution in [2.45, 2.75) is 38.1 Å². The van der Waals surface area contributed by atoms with Crippen molar-refractivity contribution in [2.75, 3.05) is 18.1 Å². The molecular formula is C25H28N2O4S2. The van der Waals surface area contributed by atoms with Gasteiger partial charge in [-0.05, 0) is 48.2 Å². The fourth-order valence-corrected chi connectivity index (χ4v) is 6.33. The molecule has 0 unspecified atom stereocenters. The lowest BCUT2D eigenvalue weighted by Gasteiger charge is -2.25. The lowest BCUT2D eigenvalue weighted by Crippen LogP contribution is -2.34. The number of ether oxygens (including phenoxy) is 1. The lowest BCUT2D eigenvalue weighted by molar-refractivity contribution is -0.121. The molecule has 1 aromatic heterocycles. The third-order valence-corrected chi connectivity index (χ3v) is 8.82. The summed E-state index contributed by atoms with van der Waals surface area (Å²) < 4.78 is 33.8. The van der Waals surface area contributed by atoms with Crippen molar-refractivity contribution >= 4 is 33.0 Å². The minimum Gasteiger partial charge on any atom is -0.492 e. The van der Waals surface area contributed by atoms with Gasteiger partial charge in [-0.2, -0.15) is 4.31 Å². The second-order valence-corrected chi connectivity index (χ2v) is 11.6. The first-order valence-electron chi connectivity index (χ1n) is 10.9. The van der Waals surface area contributed by atoms with Crippen LogP contribution >= 0.6 is 11.3 Å². The van der Waals surface area contributed by atoms with Gasteiger partial charge in [0, 0.05) is 30.3 Å². The summed E-state index contributed by atoms with van der Waals surface area (Å²) in [6.45, 7) is 6.99. The quantitative estimate of drug-likeness (QED) is 0.503. The van der Waals surface area contributed by atoms with Crippen LogP contribution in [0.1, 0.15) is 30.5 Å². The van der Waals surface area contributed by atoms with Crippen molar-refractivity contribution in [2.24, 2.45) is 5.92 Å². The second-order valence-electron chi connectivity index (χ2n) is 8.48. The maximum absolute atomic E-state index is 13.1. The van der Waals surface area contributed by atoms with Gasteiger partial charge in [0.2, 0.25) is 5.91 Å². The van der Waals surface area contributed by atoms with Crippen LogP contribution in [0.2, 0.25) is 0 Å². The number of aryl methyl sites for hydroxylation is 1. The zero-order valence-electron chi connectivity index (χ0n) is 19.0. The zero-order valence-corrected chi connectivity index (χ0v) is 20.7. The van der Waals surface area contributed by atoms with Crippen molar-refractivity contribution in [3.05, 3.63) is 76.7 Å². The molecule has 33 heavy (non-hydrogen) atoms. The van der Waals surface area contributed by atoms with Crippen LogP contribution < -0.4 is 9.64 Å². The molecule has 0 bridgehead atoms. The van der Waals surface area contributed by atoms with Crippen molar-refractivity contribution in [3.8, 4) is 5.75 Å². The molecule has 0 atom stereocenters. The fraction of sp³-hybridized carbons (Fsp3) is 0.320. The molecule has 0 saturated carbocycles. The molecule has 2 aromatic carbocycles. The van der Waals surface area contributed by atoms with E-state index in [4.69, 9.17) is 4.74 Å². The van der Waals surface area contributed by atoms with Crippen LogP contribution in [0.3, 0.4) is 0 Å². The molecule has 2 heterocycles. The number of fused-ring (bicyclic) bond motifs is 1. The third-order valence-electron chi connectivity index (χ3n) is 5.61. The highest BCUT2D eigenvalue weighted by molar-refractivity contribution is 7.91. The smallest absolute Gasteiger partial charge is 0.252 e. The summed E-state index contributed by atoms with van der Waals surface area (Å²) in [5.74, 6) is 0.563. The number of nitrogens with zero attached hydrogens (tertiary/aromatic N) is 2. The standard InChI is InChI=1S/C25H28N2O4S2/c1-18(2)25(28)27(22-9-6-19(3)7-10-22)16-20-8-11-23-21(15-20)17-26(12-13-31-23)33(29,30)24-5-4-14-32-24/h4-11,14-15,18H,12-13,16-17H2,1-3H3. The van der Waals surface area contributed by atoms with Gasteiger partial charge in [0.05, 0.1) is 6.54 Å². The maximum Gasteiger partial charge on any atom is 0.252 e. The Labute approximate surface area is 199 Å². The Kier molecular flexibility index (Phi) is 6.88. The van der Waals surface area contributed by atoms with E-state index in [2.05, 4.69) is 0 Å². The molecule has 0 saturated heterocycles. The first-order chi connectivity index (χ1) is 15.8. The summed E-state index contributed by atoms with van der Waals surface area (Å²) in [7, 11) is -3.59. The molecule has 3 aromatic rings. The highest BCUT2D eigenvalue weighted by atomic mass is 32.2. The number of thiophene rings is 1. The molecule has 4 rings (SSSR count). The van der Waals surface area contributed by atoms with Crippen molar-refractivity contribution in [1.82, 2.24) is 4.31 Å². The number of benzene rings is 2. The molecule has 0 N–H and O–H groups in total. The van der Waals surface area contributed by atoms with E-state index in [1.807, 2.05) is 63.2 Å². The van der Waals surface area contributed by atoms with Crippen LogP contribution in [0.5, 0.6) is 5.75 Å². The van der Waals surface area contributed by atoms with Gasteiger partial charge >= 0.3 is 0 Å². The highest BCUT2D eigenvalue weighted by Crippen LogP contribution is 2.30. The Balaban J connectivity index is 1.63. The SMILES string of the molecule is Cc1ccc(N(Cc2ccc3c(c2)CN(S(=O)(=O)c2cccs2)CCO3)C(=O)C(C)C)cc1. The topological polar surface area (TPSA) is 66.9 Å². The monoisotopic (exact) mass is 484 g/mol. The van der Waals surface area contributed by atoms with Crippen LogP contribution in [0.15, 0.2) is 64.2 Å². The molecule has 6 nitrogen and oxygen atoms in total. The highest BCUT2D eigenvalue weighted by Gasteiger charge is 2.29. The molecule has 1 aliphatic rings. The molecule has 8 heteroatoms. The average Bonchev–Trinajstić information content (AvgIpc) is 3.25. The fourth-order valence-electron chi connectivity index (χ4n) is 3.78. The Morgan fingerprint density at radius 1 is 1.15 bits per heavy atom. The van der Waals surface area contributed by atoms with E-state index in [1.54, 1.807) is 22.4 Å². The average molecular weight is 485 g/mol. The molecule has 174 valence electrons. The summed E-state index contributed by atoms with van der Waals surface area (Å²) in [4.78, 5) is 14.8. The van der Waals surface area contributed by atoms with Crippen molar-refractivity contribution in [1.29, 1.82) is 0 Å². The Morgan fingerprint density at radius 3 is 2.58 bits per heavy atom. The second kappa shape index (κ2) is 9.67. The minimum absolute atomic E-state index is 0.0342. The molecular weight excluding hydrogens is 456 g/mol. The van der Waals surface area contributed by atoms with E-state index in [9.17, 15) is 13.2 Å². The third kappa shape index (κ3) is 5.13. The number of rotatable bonds is 6. The molecule has 0 aliphatic carbocycles. The van der Waals surface area contributed by atoms with Gasteiger partial charge in [-0.25, -0.2) is 8.42 Å². The predicted molar refractivity (Wildman–Crippen MR) is 131 cm³/mol. The van der Waals surface area contributed by atoms with Crippen molar-refractivity contribution < 1.29 is 17.9 Å². The number of hydrogen-bond donors (Lipinski definition) is 0. The summed E-state index contributed by atoms with van der Waals surface area (Å²) in [6.07, 6.45) is 0. The number of hydrogen-bond acceptors (Lipinski definition) is 5. The summed E-state index contributed by atoms with van der Waals surface area (Å²) in [5, 5.41) is 1.76. The summed E-state index contributed by atoms with van der Waals surface area (Å²) >= 11 is 1.21. The van der Waals surface area contributed by atoms with Gasteiger partial charge < -0.3 is 9.64 Å². The van der Waals surface area contributed by atoms with E-state index in [1.165, 1.54) is 15.6 Å².